The Labute approximate surface area is 122 Å². The van der Waals surface area contributed by atoms with Crippen molar-refractivity contribution in [3.05, 3.63) is 35.5 Å². The van der Waals surface area contributed by atoms with Gasteiger partial charge in [-0.2, -0.15) is 0 Å². The SMILES string of the molecule is COc1cc(Oc2ccc(Cl)cn2)cc(OC)c1OC. The highest BCUT2D eigenvalue weighted by Gasteiger charge is 2.14. The van der Waals surface area contributed by atoms with E-state index in [9.17, 15) is 0 Å². The number of nitrogens with zero attached hydrogens (tertiary/aromatic N) is 1. The minimum atomic E-state index is 0.420. The summed E-state index contributed by atoms with van der Waals surface area (Å²) in [6.07, 6.45) is 1.51. The summed E-state index contributed by atoms with van der Waals surface area (Å²) in [4.78, 5) is 4.06. The Hall–Kier alpha value is -2.14. The van der Waals surface area contributed by atoms with Gasteiger partial charge in [-0.3, -0.25) is 0 Å². The van der Waals surface area contributed by atoms with E-state index >= 15 is 0 Å². The highest BCUT2D eigenvalue weighted by molar-refractivity contribution is 6.30. The zero-order valence-electron chi connectivity index (χ0n) is 11.3. The standard InChI is InChI=1S/C14H14ClNO4/c1-17-11-6-10(7-12(18-2)14(11)19-3)20-13-5-4-9(15)8-16-13/h4-8H,1-3H3. The minimum absolute atomic E-state index is 0.420. The maximum absolute atomic E-state index is 5.77. The Bertz CT molecular complexity index is 561. The number of aromatic nitrogens is 1. The number of hydrogen-bond acceptors (Lipinski definition) is 5. The molecule has 0 atom stereocenters. The molecule has 1 aromatic heterocycles. The number of ether oxygens (including phenoxy) is 4. The molecule has 0 saturated carbocycles. The third-order valence-corrected chi connectivity index (χ3v) is 2.78. The van der Waals surface area contributed by atoms with Gasteiger partial charge in [0.1, 0.15) is 5.75 Å². The van der Waals surface area contributed by atoms with Crippen LogP contribution in [-0.4, -0.2) is 26.3 Å². The molecule has 2 aromatic rings. The van der Waals surface area contributed by atoms with Crippen molar-refractivity contribution < 1.29 is 18.9 Å². The molecule has 1 aromatic carbocycles. The van der Waals surface area contributed by atoms with Crippen molar-refractivity contribution >= 4 is 11.6 Å². The van der Waals surface area contributed by atoms with Gasteiger partial charge in [0.2, 0.25) is 11.6 Å². The van der Waals surface area contributed by atoms with Gasteiger partial charge in [0, 0.05) is 24.4 Å². The van der Waals surface area contributed by atoms with Crippen LogP contribution in [-0.2, 0) is 0 Å². The lowest BCUT2D eigenvalue weighted by atomic mass is 10.2. The number of rotatable bonds is 5. The summed E-state index contributed by atoms with van der Waals surface area (Å²) in [5.41, 5.74) is 0. The van der Waals surface area contributed by atoms with Crippen LogP contribution in [0, 0.1) is 0 Å². The first kappa shape index (κ1) is 14.3. The first-order valence-corrected chi connectivity index (χ1v) is 6.15. The monoisotopic (exact) mass is 295 g/mol. The second kappa shape index (κ2) is 6.34. The van der Waals surface area contributed by atoms with Crippen molar-refractivity contribution in [3.8, 4) is 28.9 Å². The molecule has 0 radical (unpaired) electrons. The summed E-state index contributed by atoms with van der Waals surface area (Å²) in [5.74, 6) is 2.47. The van der Waals surface area contributed by atoms with Crippen molar-refractivity contribution in [1.29, 1.82) is 0 Å². The van der Waals surface area contributed by atoms with Crippen molar-refractivity contribution in [1.82, 2.24) is 4.98 Å². The van der Waals surface area contributed by atoms with Crippen molar-refractivity contribution in [2.24, 2.45) is 0 Å². The Kier molecular flexibility index (Phi) is 4.53. The lowest BCUT2D eigenvalue weighted by Crippen LogP contribution is -1.96. The Balaban J connectivity index is 2.34. The summed E-state index contributed by atoms with van der Waals surface area (Å²) in [7, 11) is 4.63. The maximum Gasteiger partial charge on any atom is 0.219 e. The Morgan fingerprint density at radius 3 is 2.05 bits per heavy atom. The topological polar surface area (TPSA) is 49.8 Å². The quantitative estimate of drug-likeness (QED) is 0.844. The number of halogens is 1. The van der Waals surface area contributed by atoms with Gasteiger partial charge in [0.15, 0.2) is 11.5 Å². The van der Waals surface area contributed by atoms with E-state index in [0.717, 1.165) is 0 Å². The number of hydrogen-bond donors (Lipinski definition) is 0. The number of pyridine rings is 1. The smallest absolute Gasteiger partial charge is 0.219 e. The maximum atomic E-state index is 5.77. The Morgan fingerprint density at radius 1 is 0.950 bits per heavy atom. The van der Waals surface area contributed by atoms with E-state index in [2.05, 4.69) is 4.98 Å². The van der Waals surface area contributed by atoms with Crippen molar-refractivity contribution in [3.63, 3.8) is 0 Å². The van der Waals surface area contributed by atoms with Crippen LogP contribution in [0.4, 0.5) is 0 Å². The van der Waals surface area contributed by atoms with Gasteiger partial charge >= 0.3 is 0 Å². The van der Waals surface area contributed by atoms with E-state index in [-0.39, 0.29) is 0 Å². The lowest BCUT2D eigenvalue weighted by Gasteiger charge is -2.14. The second-order valence-electron chi connectivity index (χ2n) is 3.78. The molecule has 2 rings (SSSR count). The average molecular weight is 296 g/mol. The molecule has 5 nitrogen and oxygen atoms in total. The highest BCUT2D eigenvalue weighted by Crippen LogP contribution is 2.41. The molecule has 106 valence electrons. The van der Waals surface area contributed by atoms with E-state index < -0.39 is 0 Å². The summed E-state index contributed by atoms with van der Waals surface area (Å²) < 4.78 is 21.4. The second-order valence-corrected chi connectivity index (χ2v) is 4.21. The molecule has 0 amide bonds. The zero-order valence-corrected chi connectivity index (χ0v) is 12.1. The van der Waals surface area contributed by atoms with Gasteiger partial charge in [-0.25, -0.2) is 4.98 Å². The molecule has 0 spiro atoms. The summed E-state index contributed by atoms with van der Waals surface area (Å²) >= 11 is 5.77. The number of benzene rings is 1. The fraction of sp³-hybridized carbons (Fsp3) is 0.214. The normalized spacial score (nSPS) is 10.0. The molecule has 0 bridgehead atoms. The fourth-order valence-corrected chi connectivity index (χ4v) is 1.77. The molecular weight excluding hydrogens is 282 g/mol. The van der Waals surface area contributed by atoms with Gasteiger partial charge in [-0.15, -0.1) is 0 Å². The summed E-state index contributed by atoms with van der Waals surface area (Å²) in [6.45, 7) is 0. The van der Waals surface area contributed by atoms with Crippen LogP contribution in [0.2, 0.25) is 5.02 Å². The molecule has 0 aliphatic heterocycles. The van der Waals surface area contributed by atoms with Gasteiger partial charge < -0.3 is 18.9 Å². The van der Waals surface area contributed by atoms with Crippen LogP contribution in [0.25, 0.3) is 0 Å². The summed E-state index contributed by atoms with van der Waals surface area (Å²) in [6, 6.07) is 6.75. The van der Waals surface area contributed by atoms with Crippen molar-refractivity contribution in [2.75, 3.05) is 21.3 Å². The summed E-state index contributed by atoms with van der Waals surface area (Å²) in [5, 5.41) is 0.544. The first-order chi connectivity index (χ1) is 9.67. The molecule has 0 unspecified atom stereocenters. The zero-order chi connectivity index (χ0) is 14.5. The minimum Gasteiger partial charge on any atom is -0.493 e. The predicted molar refractivity (Wildman–Crippen MR) is 75.4 cm³/mol. The average Bonchev–Trinajstić information content (AvgIpc) is 2.48. The van der Waals surface area contributed by atoms with Crippen LogP contribution in [0.3, 0.4) is 0 Å². The third-order valence-electron chi connectivity index (χ3n) is 2.56. The van der Waals surface area contributed by atoms with Gasteiger partial charge in [0.05, 0.1) is 26.4 Å². The number of methoxy groups -OCH3 is 3. The van der Waals surface area contributed by atoms with Gasteiger partial charge in [-0.1, -0.05) is 11.6 Å². The van der Waals surface area contributed by atoms with Crippen molar-refractivity contribution in [2.45, 2.75) is 0 Å². The lowest BCUT2D eigenvalue weighted by molar-refractivity contribution is 0.320. The molecule has 0 aliphatic carbocycles. The van der Waals surface area contributed by atoms with E-state index in [1.807, 2.05) is 0 Å². The highest BCUT2D eigenvalue weighted by atomic mass is 35.5. The predicted octanol–water partition coefficient (Wildman–Crippen LogP) is 3.55. The molecular formula is C14H14ClNO4. The van der Waals surface area contributed by atoms with Crippen LogP contribution in [0.1, 0.15) is 0 Å². The van der Waals surface area contributed by atoms with E-state index in [1.54, 1.807) is 45.6 Å². The van der Waals surface area contributed by atoms with Gasteiger partial charge in [0.25, 0.3) is 0 Å². The molecule has 1 heterocycles. The van der Waals surface area contributed by atoms with Crippen LogP contribution in [0.5, 0.6) is 28.9 Å². The fourth-order valence-electron chi connectivity index (χ4n) is 1.66. The van der Waals surface area contributed by atoms with Gasteiger partial charge in [-0.05, 0) is 6.07 Å². The van der Waals surface area contributed by atoms with E-state index in [4.69, 9.17) is 30.5 Å². The molecule has 20 heavy (non-hydrogen) atoms. The largest absolute Gasteiger partial charge is 0.493 e. The van der Waals surface area contributed by atoms with Crippen LogP contribution in [0.15, 0.2) is 30.5 Å². The van der Waals surface area contributed by atoms with Crippen LogP contribution < -0.4 is 18.9 Å². The van der Waals surface area contributed by atoms with E-state index in [1.165, 1.54) is 6.20 Å². The van der Waals surface area contributed by atoms with Crippen LogP contribution >= 0.6 is 11.6 Å². The first-order valence-electron chi connectivity index (χ1n) is 5.77. The van der Waals surface area contributed by atoms with E-state index in [0.29, 0.717) is 33.9 Å². The third kappa shape index (κ3) is 3.05. The molecule has 0 N–H and O–H groups in total. The molecule has 0 saturated heterocycles. The Morgan fingerprint density at radius 2 is 1.60 bits per heavy atom. The molecule has 6 heteroatoms. The molecule has 0 aliphatic rings. The molecule has 0 fully saturated rings.